The van der Waals surface area contributed by atoms with Crippen molar-refractivity contribution in [2.45, 2.75) is 44.1 Å². The van der Waals surface area contributed by atoms with Crippen LogP contribution in [-0.4, -0.2) is 57.9 Å². The molecule has 0 atom stereocenters. The first-order valence-electron chi connectivity index (χ1n) is 9.51. The van der Waals surface area contributed by atoms with Crippen LogP contribution in [0.2, 0.25) is 0 Å². The Morgan fingerprint density at radius 2 is 1.82 bits per heavy atom. The van der Waals surface area contributed by atoms with Gasteiger partial charge in [-0.25, -0.2) is 17.9 Å². The predicted octanol–water partition coefficient (Wildman–Crippen LogP) is 2.38. The normalized spacial score (nSPS) is 18.0. The fourth-order valence-corrected chi connectivity index (χ4v) is 4.28. The molecule has 2 aliphatic heterocycles. The number of carbonyl (C=O) groups excluding carboxylic acids is 1. The molecule has 0 aliphatic carbocycles. The summed E-state index contributed by atoms with van der Waals surface area (Å²) in [5.41, 5.74) is -0.521. The van der Waals surface area contributed by atoms with E-state index in [1.165, 1.54) is 12.1 Å². The molecule has 0 aromatic heterocycles. The number of ether oxygens (including phenoxy) is 3. The van der Waals surface area contributed by atoms with Crippen molar-refractivity contribution in [3.63, 3.8) is 0 Å². The van der Waals surface area contributed by atoms with Crippen molar-refractivity contribution in [2.24, 2.45) is 5.92 Å². The molecule has 156 valence electrons. The van der Waals surface area contributed by atoms with Crippen LogP contribution in [0.5, 0.6) is 11.5 Å². The maximum atomic E-state index is 12.6. The molecular formula is C19H28N2O6S. The smallest absolute Gasteiger partial charge is 0.410 e. The molecular weight excluding hydrogens is 384 g/mol. The van der Waals surface area contributed by atoms with Gasteiger partial charge in [-0.3, -0.25) is 0 Å². The van der Waals surface area contributed by atoms with Crippen LogP contribution in [0.15, 0.2) is 23.1 Å². The van der Waals surface area contributed by atoms with E-state index in [2.05, 4.69) is 4.72 Å². The maximum Gasteiger partial charge on any atom is 0.410 e. The van der Waals surface area contributed by atoms with Crippen molar-refractivity contribution >= 4 is 16.1 Å². The average Bonchev–Trinajstić information content (AvgIpc) is 2.65. The van der Waals surface area contributed by atoms with Crippen LogP contribution in [0.4, 0.5) is 4.79 Å². The van der Waals surface area contributed by atoms with Gasteiger partial charge in [0.1, 0.15) is 18.8 Å². The van der Waals surface area contributed by atoms with Gasteiger partial charge in [-0.2, -0.15) is 0 Å². The second-order valence-electron chi connectivity index (χ2n) is 8.07. The summed E-state index contributed by atoms with van der Waals surface area (Å²) in [7, 11) is -3.64. The second-order valence-corrected chi connectivity index (χ2v) is 9.84. The highest BCUT2D eigenvalue weighted by atomic mass is 32.2. The number of piperidine rings is 1. The van der Waals surface area contributed by atoms with Gasteiger partial charge in [-0.1, -0.05) is 0 Å². The molecule has 0 spiro atoms. The number of carbonyl (C=O) groups is 1. The van der Waals surface area contributed by atoms with Crippen molar-refractivity contribution in [3.8, 4) is 11.5 Å². The van der Waals surface area contributed by atoms with Gasteiger partial charge >= 0.3 is 6.09 Å². The molecule has 9 heteroatoms. The van der Waals surface area contributed by atoms with E-state index in [1.807, 2.05) is 20.8 Å². The maximum absolute atomic E-state index is 12.6. The highest BCUT2D eigenvalue weighted by molar-refractivity contribution is 7.89. The van der Waals surface area contributed by atoms with Crippen molar-refractivity contribution in [1.82, 2.24) is 9.62 Å². The minimum atomic E-state index is -3.64. The lowest BCUT2D eigenvalue weighted by atomic mass is 9.97. The van der Waals surface area contributed by atoms with Crippen LogP contribution < -0.4 is 14.2 Å². The fraction of sp³-hybridized carbons (Fsp3) is 0.632. The average molecular weight is 413 g/mol. The Morgan fingerprint density at radius 1 is 1.18 bits per heavy atom. The largest absolute Gasteiger partial charge is 0.486 e. The number of fused-ring (bicyclic) bond motifs is 1. The van der Waals surface area contributed by atoms with Crippen molar-refractivity contribution in [2.75, 3.05) is 32.8 Å². The molecule has 1 fully saturated rings. The van der Waals surface area contributed by atoms with Crippen LogP contribution in [-0.2, 0) is 14.8 Å². The number of rotatable bonds is 4. The van der Waals surface area contributed by atoms with E-state index in [0.717, 1.165) is 12.8 Å². The summed E-state index contributed by atoms with van der Waals surface area (Å²) < 4.78 is 44.1. The van der Waals surface area contributed by atoms with Gasteiger partial charge in [0.25, 0.3) is 0 Å². The molecule has 2 aliphatic rings. The van der Waals surface area contributed by atoms with E-state index in [-0.39, 0.29) is 16.9 Å². The summed E-state index contributed by atoms with van der Waals surface area (Å²) >= 11 is 0. The monoisotopic (exact) mass is 412 g/mol. The summed E-state index contributed by atoms with van der Waals surface area (Å²) in [5.74, 6) is 1.17. The van der Waals surface area contributed by atoms with Crippen molar-refractivity contribution < 1.29 is 27.4 Å². The third-order valence-corrected chi connectivity index (χ3v) is 6.07. The molecule has 0 radical (unpaired) electrons. The summed E-state index contributed by atoms with van der Waals surface area (Å²) in [5, 5.41) is 0. The highest BCUT2D eigenvalue weighted by Crippen LogP contribution is 2.32. The van der Waals surface area contributed by atoms with Crippen LogP contribution in [0, 0.1) is 5.92 Å². The van der Waals surface area contributed by atoms with E-state index < -0.39 is 15.6 Å². The first kappa shape index (κ1) is 20.7. The Balaban J connectivity index is 1.51. The lowest BCUT2D eigenvalue weighted by Gasteiger charge is -2.33. The summed E-state index contributed by atoms with van der Waals surface area (Å²) in [6, 6.07) is 4.62. The van der Waals surface area contributed by atoms with E-state index in [1.54, 1.807) is 11.0 Å². The van der Waals surface area contributed by atoms with E-state index in [9.17, 15) is 13.2 Å². The molecule has 1 saturated heterocycles. The number of sulfonamides is 1. The lowest BCUT2D eigenvalue weighted by molar-refractivity contribution is 0.0185. The Kier molecular flexibility index (Phi) is 6.04. The zero-order valence-electron chi connectivity index (χ0n) is 16.6. The van der Waals surface area contributed by atoms with E-state index in [0.29, 0.717) is 44.3 Å². The number of benzene rings is 1. The summed E-state index contributed by atoms with van der Waals surface area (Å²) in [4.78, 5) is 13.9. The van der Waals surface area contributed by atoms with E-state index in [4.69, 9.17) is 14.2 Å². The zero-order valence-corrected chi connectivity index (χ0v) is 17.4. The van der Waals surface area contributed by atoms with Gasteiger partial charge in [-0.05, 0) is 51.7 Å². The Bertz CT molecular complexity index is 810. The van der Waals surface area contributed by atoms with Gasteiger partial charge in [0.15, 0.2) is 11.5 Å². The number of likely N-dealkylation sites (tertiary alicyclic amines) is 1. The predicted molar refractivity (Wildman–Crippen MR) is 103 cm³/mol. The zero-order chi connectivity index (χ0) is 20.4. The Morgan fingerprint density at radius 3 is 2.46 bits per heavy atom. The number of nitrogens with zero attached hydrogens (tertiary/aromatic N) is 1. The minimum Gasteiger partial charge on any atom is -0.486 e. The number of nitrogens with one attached hydrogen (secondary N) is 1. The van der Waals surface area contributed by atoms with Gasteiger partial charge in [0.05, 0.1) is 4.90 Å². The first-order valence-corrected chi connectivity index (χ1v) is 11.0. The van der Waals surface area contributed by atoms with Gasteiger partial charge in [-0.15, -0.1) is 0 Å². The summed E-state index contributed by atoms with van der Waals surface area (Å²) in [6.45, 7) is 7.83. The topological polar surface area (TPSA) is 94.2 Å². The van der Waals surface area contributed by atoms with Crippen LogP contribution >= 0.6 is 0 Å². The van der Waals surface area contributed by atoms with Crippen LogP contribution in [0.25, 0.3) is 0 Å². The number of amides is 1. The molecule has 0 saturated carbocycles. The molecule has 1 amide bonds. The fourth-order valence-electron chi connectivity index (χ4n) is 3.15. The minimum absolute atomic E-state index is 0.156. The molecule has 1 N–H and O–H groups in total. The standard InChI is InChI=1S/C19H28N2O6S/c1-19(2,3)27-18(22)21-8-6-14(7-9-21)13-20-28(23,24)15-4-5-16-17(12-15)26-11-10-25-16/h4-5,12,14,20H,6-11,13H2,1-3H3. The quantitative estimate of drug-likeness (QED) is 0.816. The molecule has 0 unspecified atom stereocenters. The van der Waals surface area contributed by atoms with Crippen molar-refractivity contribution in [3.05, 3.63) is 18.2 Å². The van der Waals surface area contributed by atoms with Crippen LogP contribution in [0.1, 0.15) is 33.6 Å². The van der Waals surface area contributed by atoms with Crippen molar-refractivity contribution in [1.29, 1.82) is 0 Å². The third kappa shape index (κ3) is 5.29. The molecule has 2 heterocycles. The Labute approximate surface area is 166 Å². The molecule has 28 heavy (non-hydrogen) atoms. The number of hydrogen-bond donors (Lipinski definition) is 1. The van der Waals surface area contributed by atoms with Crippen LogP contribution in [0.3, 0.4) is 0 Å². The molecule has 1 aromatic carbocycles. The molecule has 0 bridgehead atoms. The SMILES string of the molecule is CC(C)(C)OC(=O)N1CCC(CNS(=O)(=O)c2ccc3c(c2)OCCO3)CC1. The Hall–Kier alpha value is -2.00. The lowest BCUT2D eigenvalue weighted by Crippen LogP contribution is -2.43. The molecule has 3 rings (SSSR count). The van der Waals surface area contributed by atoms with Gasteiger partial charge < -0.3 is 19.1 Å². The van der Waals surface area contributed by atoms with Gasteiger partial charge in [0.2, 0.25) is 10.0 Å². The van der Waals surface area contributed by atoms with Gasteiger partial charge in [0, 0.05) is 25.7 Å². The summed E-state index contributed by atoms with van der Waals surface area (Å²) in [6.07, 6.45) is 1.13. The van der Waals surface area contributed by atoms with E-state index >= 15 is 0 Å². The number of hydrogen-bond acceptors (Lipinski definition) is 6. The second kappa shape index (κ2) is 8.16. The third-order valence-electron chi connectivity index (χ3n) is 4.65. The molecule has 8 nitrogen and oxygen atoms in total. The molecule has 1 aromatic rings. The first-order chi connectivity index (χ1) is 13.1. The highest BCUT2D eigenvalue weighted by Gasteiger charge is 2.28.